The second-order valence-electron chi connectivity index (χ2n) is 33.6. The predicted octanol–water partition coefficient (Wildman–Crippen LogP) is 24.0. The van der Waals surface area contributed by atoms with Crippen molar-refractivity contribution in [2.75, 3.05) is 76.7 Å². The Morgan fingerprint density at radius 1 is 0.451 bits per heavy atom. The van der Waals surface area contributed by atoms with Crippen LogP contribution in [0.5, 0.6) is 47.6 Å². The van der Waals surface area contributed by atoms with Crippen molar-refractivity contribution in [1.82, 2.24) is 49.8 Å². The topological polar surface area (TPSA) is 328 Å². The van der Waals surface area contributed by atoms with Crippen molar-refractivity contribution >= 4 is 157 Å². The van der Waals surface area contributed by atoms with Gasteiger partial charge in [-0.15, -0.1) is 0 Å². The molecule has 758 valence electrons. The van der Waals surface area contributed by atoms with Crippen LogP contribution in [0.3, 0.4) is 0 Å². The Morgan fingerprint density at radius 2 is 0.806 bits per heavy atom. The molecule has 2 aliphatic carbocycles. The van der Waals surface area contributed by atoms with E-state index in [9.17, 15) is 14.5 Å². The zero-order valence-electron chi connectivity index (χ0n) is 84.0. The van der Waals surface area contributed by atoms with Crippen molar-refractivity contribution in [3.8, 4) is 92.1 Å². The summed E-state index contributed by atoms with van der Waals surface area (Å²) in [7, 11) is 12.0. The molecule has 2 aliphatic heterocycles. The molecule has 1 N–H and O–H groups in total. The number of fused-ring (bicyclic) bond motifs is 13. The number of carbonyl (C=O) groups is 1. The van der Waals surface area contributed by atoms with Gasteiger partial charge in [-0.1, -0.05) is 233 Å². The predicted molar refractivity (Wildman–Crippen MR) is 578 cm³/mol. The minimum absolute atomic E-state index is 0. The summed E-state index contributed by atoms with van der Waals surface area (Å²) in [4.78, 5) is 71.6. The Labute approximate surface area is 888 Å². The summed E-state index contributed by atoms with van der Waals surface area (Å²) in [6.45, 7) is 30.7. The molecule has 2 saturated heterocycles. The summed E-state index contributed by atoms with van der Waals surface area (Å²) in [6, 6.07) is 67.4. The first kappa shape index (κ1) is 121. The standard InChI is InChI=1S/C19H20N2O3.C19H18N2O2.C18H18N2O2.C17H12Cl2N2.C15H21BO4.C10H9BrN2O2.C4H8O.C2H6.CO2.2CH4.CH3.Cl3OP.Li/c1-19(2,22)15-11-6-5-8-12(15)13-9-7-10-14-16(13)20-18(24-4)21-17(14)23-3;1-19(2)13-8-6-5-7-11(13)15-14(19)10-9-12-16(15)20-18(23-4)21-17(12)22-3;1-4-12-8-5-6-9-13(12)14-10-7-11-15-16(14)19-18(22-3)20-17(15)21-2;1-17(2)11-6-4-3-5-9(11)13-12(17)8-7-10-14(13)20-16(19)21-15(10)18;1-6-18-13(17)11-9-7-8-10-12(11)16-19-14(2,3)15(4,5)20-16;1-14-9-6-4-3-5-7(11)8(6)12-10(13-9)15-2;1-2-4-5-3-1;1-2;2-1-3;;;;1-5(2,3)4;/h5-11,22H,1-4H3;5-10H,1-4H3;5-11H,4H2,1-3H3;3-8H,1-2H3;7-10H,6H2,1-5H3;3-5H,1-2H3;1-4H2;1-2H3;;2*1H4;1H3;;/q;;;;;;;;;;;-1;;+1. The Morgan fingerprint density at radius 3 is 1.22 bits per heavy atom. The van der Waals surface area contributed by atoms with Crippen LogP contribution >= 0.6 is 78.1 Å². The van der Waals surface area contributed by atoms with Crippen molar-refractivity contribution in [3.05, 3.63) is 261 Å². The summed E-state index contributed by atoms with van der Waals surface area (Å²) < 4.78 is 74.5. The van der Waals surface area contributed by atoms with E-state index < -0.39 is 29.1 Å². The average molecular weight is 2140 g/mol. The normalized spacial score (nSPS) is 13.2. The molecule has 0 unspecified atom stereocenters. The van der Waals surface area contributed by atoms with Crippen molar-refractivity contribution < 1.29 is 99.6 Å². The number of hydrogen-bond donors (Lipinski definition) is 1. The molecule has 144 heavy (non-hydrogen) atoms. The van der Waals surface area contributed by atoms with Crippen LogP contribution in [0.1, 0.15) is 168 Å². The van der Waals surface area contributed by atoms with Crippen LogP contribution in [-0.2, 0) is 55.8 Å². The van der Waals surface area contributed by atoms with Crippen molar-refractivity contribution in [1.29, 1.82) is 0 Å². The van der Waals surface area contributed by atoms with Crippen LogP contribution in [0.15, 0.2) is 205 Å². The molecular formula is C108H123BBrCl5LiN10O17P. The van der Waals surface area contributed by atoms with Gasteiger partial charge in [0.05, 0.1) is 135 Å². The summed E-state index contributed by atoms with van der Waals surface area (Å²) >= 11 is 29.5. The minimum atomic E-state index is -3.22. The van der Waals surface area contributed by atoms with E-state index in [2.05, 4.69) is 213 Å². The fourth-order valence-electron chi connectivity index (χ4n) is 16.3. The third-order valence-electron chi connectivity index (χ3n) is 23.5. The molecule has 0 atom stereocenters. The Bertz CT molecular complexity index is 6970. The van der Waals surface area contributed by atoms with Gasteiger partial charge in [0.25, 0.3) is 0 Å². The van der Waals surface area contributed by atoms with Gasteiger partial charge in [-0.05, 0) is 233 Å². The number of methoxy groups -OCH3 is 8. The summed E-state index contributed by atoms with van der Waals surface area (Å²) in [6.07, 6.45) is 3.77. The van der Waals surface area contributed by atoms with E-state index in [1.165, 1.54) is 71.6 Å². The van der Waals surface area contributed by atoms with Gasteiger partial charge in [0.2, 0.25) is 28.8 Å². The average Bonchev–Trinajstić information content (AvgIpc) is 1.56. The van der Waals surface area contributed by atoms with Crippen LogP contribution in [0, 0.1) is 7.43 Å². The van der Waals surface area contributed by atoms with E-state index in [1.807, 2.05) is 151 Å². The quantitative estimate of drug-likeness (QED) is 0.0249. The van der Waals surface area contributed by atoms with Crippen LogP contribution < -0.4 is 62.2 Å². The number of benzene rings is 10. The smallest absolute Gasteiger partial charge is 0.480 e. The number of aromatic nitrogens is 10. The number of nitrogens with zero attached hydrogens (tertiary/aromatic N) is 10. The molecule has 0 spiro atoms. The van der Waals surface area contributed by atoms with Gasteiger partial charge >= 0.3 is 67.3 Å². The van der Waals surface area contributed by atoms with E-state index >= 15 is 0 Å². The summed E-state index contributed by atoms with van der Waals surface area (Å²) in [5.41, 5.74) is 19.3. The van der Waals surface area contributed by atoms with Gasteiger partial charge in [-0.25, -0.2) is 14.8 Å². The third-order valence-corrected chi connectivity index (χ3v) is 24.6. The maximum atomic E-state index is 12.0. The summed E-state index contributed by atoms with van der Waals surface area (Å²) in [5.74, 6) is 1.69. The number of rotatable bonds is 15. The second-order valence-corrected chi connectivity index (χ2v) is 41.8. The van der Waals surface area contributed by atoms with Crippen LogP contribution in [0.25, 0.3) is 99.0 Å². The Balaban J connectivity index is 0.000000256. The number of halogens is 6. The van der Waals surface area contributed by atoms with E-state index in [0.717, 1.165) is 112 Å². The molecule has 5 aromatic heterocycles. The summed E-state index contributed by atoms with van der Waals surface area (Å²) in [5, 5.41) is 12.2. The molecule has 0 radical (unpaired) electrons. The number of esters is 1. The fourth-order valence-corrected chi connectivity index (χ4v) is 17.2. The van der Waals surface area contributed by atoms with Gasteiger partial charge in [0, 0.05) is 56.2 Å². The molecule has 0 saturated carbocycles. The third kappa shape index (κ3) is 28.4. The largest absolute Gasteiger partial charge is 1.00 e. The monoisotopic (exact) mass is 2130 g/mol. The van der Waals surface area contributed by atoms with Crippen molar-refractivity contribution in [2.45, 2.75) is 159 Å². The molecule has 0 amide bonds. The first-order chi connectivity index (χ1) is 66.8. The van der Waals surface area contributed by atoms with E-state index in [0.29, 0.717) is 64.3 Å². The van der Waals surface area contributed by atoms with E-state index in [1.54, 1.807) is 75.6 Å². The molecule has 19 rings (SSSR count). The molecule has 27 nitrogen and oxygen atoms in total. The molecular weight excluding hydrogens is 2020 g/mol. The number of ether oxygens (including phenoxy) is 10. The minimum Gasteiger partial charge on any atom is -0.480 e. The molecule has 0 bridgehead atoms. The van der Waals surface area contributed by atoms with Gasteiger partial charge in [-0.2, -0.15) is 49.5 Å². The first-order valence-electron chi connectivity index (χ1n) is 44.7. The van der Waals surface area contributed by atoms with Gasteiger partial charge in [-0.3, -0.25) is 4.57 Å². The zero-order chi connectivity index (χ0) is 102. The number of para-hydroxylation sites is 3. The van der Waals surface area contributed by atoms with Gasteiger partial charge in [0.15, 0.2) is 0 Å². The number of aliphatic hydroxyl groups is 1. The van der Waals surface area contributed by atoms with Crippen LogP contribution in [-0.4, -0.2) is 162 Å². The first-order valence-corrected chi connectivity index (χ1v) is 50.6. The van der Waals surface area contributed by atoms with Crippen LogP contribution in [0.4, 0.5) is 0 Å². The maximum absolute atomic E-state index is 12.0. The van der Waals surface area contributed by atoms with E-state index in [-0.39, 0.29) is 75.4 Å². The fraction of sp³-hybridized carbons (Fsp3) is 0.324. The Hall–Kier alpha value is -11.2. The van der Waals surface area contributed by atoms with Crippen molar-refractivity contribution in [3.63, 3.8) is 0 Å². The van der Waals surface area contributed by atoms with E-state index in [4.69, 9.17) is 89.5 Å². The molecule has 4 aliphatic rings. The molecule has 2 fully saturated rings. The van der Waals surface area contributed by atoms with Gasteiger partial charge < -0.3 is 69.2 Å². The second kappa shape index (κ2) is 54.3. The molecule has 36 heteroatoms. The van der Waals surface area contributed by atoms with Crippen molar-refractivity contribution in [2.24, 2.45) is 0 Å². The van der Waals surface area contributed by atoms with Gasteiger partial charge in [0.1, 0.15) is 5.15 Å². The SMILES string of the molecule is C.C.C1CCOC1.CC.CC1(C)c2ccccc2-c2c1ccc1c(Cl)nc(Cl)nc21.CCOC(=O)c1ccccc1B1OC(C)(C)C(C)(C)O1.CCc1ccccc1-c1cccc2c(OC)nc(OC)nc12.COc1nc(OC)c2ccc3c(c2n1)-c1ccccc1C3(C)C.COc1nc(OC)c2cccc(-c3ccccc3C(C)(C)O)c2n1.COc1nc(OC)c2cccc(Br)c2n1.O=C=O.O=P(Cl)(Cl)Cl.[CH3-].[Li+]. The van der Waals surface area contributed by atoms with Crippen LogP contribution in [0.2, 0.25) is 10.4 Å². The molecule has 10 aromatic carbocycles. The Kier molecular flexibility index (Phi) is 45.8. The number of hydrogen-bond acceptors (Lipinski definition) is 27. The molecule has 15 aromatic rings. The maximum Gasteiger partial charge on any atom is 1.00 e. The molecule has 7 heterocycles. The zero-order valence-corrected chi connectivity index (χ0v) is 90.3. The number of carbonyl (C=O) groups excluding carboxylic acids is 3. The number of aryl methyl sites for hydroxylation is 1.